The van der Waals surface area contributed by atoms with Gasteiger partial charge < -0.3 is 10.2 Å². The highest BCUT2D eigenvalue weighted by Crippen LogP contribution is 2.44. The van der Waals surface area contributed by atoms with Gasteiger partial charge in [-0.05, 0) is 51.4 Å². The molecule has 0 aromatic heterocycles. The molecule has 0 aromatic carbocycles. The maximum absolute atomic E-state index is 12.4. The molecule has 1 N–H and O–H groups in total. The normalized spacial score (nSPS) is 31.8. The summed E-state index contributed by atoms with van der Waals surface area (Å²) in [4.78, 5) is 26.6. The van der Waals surface area contributed by atoms with E-state index in [-0.39, 0.29) is 17.9 Å². The van der Waals surface area contributed by atoms with Gasteiger partial charge in [-0.1, -0.05) is 13.8 Å². The Hall–Kier alpha value is -1.06. The Morgan fingerprint density at radius 3 is 2.53 bits per heavy atom. The van der Waals surface area contributed by atoms with Crippen molar-refractivity contribution in [2.24, 2.45) is 11.8 Å². The third-order valence-corrected chi connectivity index (χ3v) is 4.54. The van der Waals surface area contributed by atoms with Crippen molar-refractivity contribution in [3.8, 4) is 0 Å². The number of nitrogens with one attached hydrogen (secondary N) is 1. The largest absolute Gasteiger partial charge is 0.343 e. The highest BCUT2D eigenvalue weighted by atomic mass is 16.2. The van der Waals surface area contributed by atoms with Gasteiger partial charge in [-0.15, -0.1) is 0 Å². The molecule has 2 unspecified atom stereocenters. The fourth-order valence-corrected chi connectivity index (χ4v) is 3.04. The number of hydrogen-bond donors (Lipinski definition) is 1. The first-order chi connectivity index (χ1) is 8.87. The Bertz CT molecular complexity index is 376. The topological polar surface area (TPSA) is 49.4 Å². The van der Waals surface area contributed by atoms with E-state index in [0.717, 1.165) is 25.7 Å². The molecule has 0 radical (unpaired) electrons. The summed E-state index contributed by atoms with van der Waals surface area (Å²) in [5.41, 5.74) is -0.611. The van der Waals surface area contributed by atoms with Crippen molar-refractivity contribution in [2.45, 2.75) is 65.0 Å². The standard InChI is InChI=1S/C15H26N2O2/c1-10(2)6-5-9-17-13(18)11(3)16-14(19)15(17,4)12-7-8-12/h10-12H,5-9H2,1-4H3,(H,16,19). The monoisotopic (exact) mass is 266 g/mol. The van der Waals surface area contributed by atoms with Gasteiger partial charge in [0.05, 0.1) is 0 Å². The van der Waals surface area contributed by atoms with Gasteiger partial charge in [0.1, 0.15) is 11.6 Å². The Kier molecular flexibility index (Phi) is 3.88. The number of rotatable bonds is 5. The number of piperazine rings is 1. The van der Waals surface area contributed by atoms with Crippen LogP contribution < -0.4 is 5.32 Å². The summed E-state index contributed by atoms with van der Waals surface area (Å²) < 4.78 is 0. The van der Waals surface area contributed by atoms with Gasteiger partial charge in [0.2, 0.25) is 11.8 Å². The number of carbonyl (C=O) groups is 2. The van der Waals surface area contributed by atoms with Gasteiger partial charge in [-0.3, -0.25) is 9.59 Å². The SMILES string of the molecule is CC(C)CCCN1C(=O)C(C)NC(=O)C1(C)C1CC1. The summed E-state index contributed by atoms with van der Waals surface area (Å²) in [6, 6.07) is -0.377. The third-order valence-electron chi connectivity index (χ3n) is 4.54. The van der Waals surface area contributed by atoms with E-state index >= 15 is 0 Å². The van der Waals surface area contributed by atoms with Crippen LogP contribution in [0.25, 0.3) is 0 Å². The molecule has 1 saturated heterocycles. The average Bonchev–Trinajstić information content (AvgIpc) is 3.15. The van der Waals surface area contributed by atoms with E-state index in [0.29, 0.717) is 18.4 Å². The van der Waals surface area contributed by atoms with Gasteiger partial charge >= 0.3 is 0 Å². The minimum absolute atomic E-state index is 0.0339. The van der Waals surface area contributed by atoms with Gasteiger partial charge in [-0.2, -0.15) is 0 Å². The number of carbonyl (C=O) groups excluding carboxylic acids is 2. The average molecular weight is 266 g/mol. The molecule has 0 aromatic rings. The molecule has 1 saturated carbocycles. The lowest BCUT2D eigenvalue weighted by Gasteiger charge is -2.46. The van der Waals surface area contributed by atoms with Crippen LogP contribution in [0, 0.1) is 11.8 Å². The second-order valence-corrected chi connectivity index (χ2v) is 6.64. The molecule has 0 bridgehead atoms. The van der Waals surface area contributed by atoms with Gasteiger partial charge in [-0.25, -0.2) is 0 Å². The predicted molar refractivity (Wildman–Crippen MR) is 74.5 cm³/mol. The lowest BCUT2D eigenvalue weighted by Crippen LogP contribution is -2.69. The van der Waals surface area contributed by atoms with E-state index in [1.54, 1.807) is 6.92 Å². The second-order valence-electron chi connectivity index (χ2n) is 6.64. The summed E-state index contributed by atoms with van der Waals surface area (Å²) in [6.07, 6.45) is 4.20. The van der Waals surface area contributed by atoms with Crippen LogP contribution in [0.4, 0.5) is 0 Å². The van der Waals surface area contributed by atoms with Crippen LogP contribution in [0.2, 0.25) is 0 Å². The molecule has 4 nitrogen and oxygen atoms in total. The molecule has 19 heavy (non-hydrogen) atoms. The molecule has 2 rings (SSSR count). The van der Waals surface area contributed by atoms with Crippen LogP contribution >= 0.6 is 0 Å². The smallest absolute Gasteiger partial charge is 0.246 e. The molecular formula is C15H26N2O2. The van der Waals surface area contributed by atoms with Crippen molar-refractivity contribution in [3.63, 3.8) is 0 Å². The van der Waals surface area contributed by atoms with Crippen molar-refractivity contribution in [1.82, 2.24) is 10.2 Å². The van der Waals surface area contributed by atoms with E-state index < -0.39 is 5.54 Å². The highest BCUT2D eigenvalue weighted by molar-refractivity contribution is 5.99. The van der Waals surface area contributed by atoms with Crippen molar-refractivity contribution >= 4 is 11.8 Å². The lowest BCUT2D eigenvalue weighted by atomic mass is 9.88. The molecule has 108 valence electrons. The highest BCUT2D eigenvalue weighted by Gasteiger charge is 2.56. The second kappa shape index (κ2) is 5.14. The van der Waals surface area contributed by atoms with Crippen molar-refractivity contribution in [1.29, 1.82) is 0 Å². The predicted octanol–water partition coefficient (Wildman–Crippen LogP) is 1.94. The van der Waals surface area contributed by atoms with Crippen molar-refractivity contribution in [2.75, 3.05) is 6.54 Å². The molecule has 1 aliphatic heterocycles. The number of nitrogens with zero attached hydrogens (tertiary/aromatic N) is 1. The van der Waals surface area contributed by atoms with Gasteiger partial charge in [0.25, 0.3) is 0 Å². The quantitative estimate of drug-likeness (QED) is 0.826. The molecule has 1 heterocycles. The zero-order valence-electron chi connectivity index (χ0n) is 12.5. The van der Waals surface area contributed by atoms with Crippen LogP contribution in [-0.4, -0.2) is 34.8 Å². The van der Waals surface area contributed by atoms with Crippen LogP contribution in [0.5, 0.6) is 0 Å². The summed E-state index contributed by atoms with van der Waals surface area (Å²) in [6.45, 7) is 8.81. The zero-order valence-corrected chi connectivity index (χ0v) is 12.5. The minimum Gasteiger partial charge on any atom is -0.343 e. The van der Waals surface area contributed by atoms with Crippen LogP contribution in [-0.2, 0) is 9.59 Å². The Labute approximate surface area is 115 Å². The summed E-state index contributed by atoms with van der Waals surface area (Å²) in [5, 5.41) is 2.84. The van der Waals surface area contributed by atoms with E-state index in [2.05, 4.69) is 19.2 Å². The third kappa shape index (κ3) is 2.63. The maximum Gasteiger partial charge on any atom is 0.246 e. The van der Waals surface area contributed by atoms with Gasteiger partial charge in [0.15, 0.2) is 0 Å². The van der Waals surface area contributed by atoms with E-state index in [9.17, 15) is 9.59 Å². The fraction of sp³-hybridized carbons (Fsp3) is 0.867. The molecule has 2 amide bonds. The van der Waals surface area contributed by atoms with Crippen LogP contribution in [0.1, 0.15) is 53.4 Å². The Morgan fingerprint density at radius 2 is 2.00 bits per heavy atom. The first-order valence-corrected chi connectivity index (χ1v) is 7.49. The Morgan fingerprint density at radius 1 is 1.37 bits per heavy atom. The Balaban J connectivity index is 2.12. The van der Waals surface area contributed by atoms with E-state index in [1.807, 2.05) is 11.8 Å². The van der Waals surface area contributed by atoms with Crippen molar-refractivity contribution < 1.29 is 9.59 Å². The van der Waals surface area contributed by atoms with Crippen LogP contribution in [0.15, 0.2) is 0 Å². The zero-order chi connectivity index (χ0) is 14.2. The van der Waals surface area contributed by atoms with E-state index in [4.69, 9.17) is 0 Å². The molecule has 2 aliphatic rings. The molecular weight excluding hydrogens is 240 g/mol. The first kappa shape index (κ1) is 14.4. The van der Waals surface area contributed by atoms with E-state index in [1.165, 1.54) is 0 Å². The molecule has 4 heteroatoms. The van der Waals surface area contributed by atoms with Gasteiger partial charge in [0, 0.05) is 6.54 Å². The summed E-state index contributed by atoms with van der Waals surface area (Å²) in [5.74, 6) is 1.10. The molecule has 2 fully saturated rings. The maximum atomic E-state index is 12.4. The first-order valence-electron chi connectivity index (χ1n) is 7.49. The summed E-state index contributed by atoms with van der Waals surface area (Å²) in [7, 11) is 0. The fourth-order valence-electron chi connectivity index (χ4n) is 3.04. The van der Waals surface area contributed by atoms with Crippen LogP contribution in [0.3, 0.4) is 0 Å². The van der Waals surface area contributed by atoms with Crippen molar-refractivity contribution in [3.05, 3.63) is 0 Å². The number of hydrogen-bond acceptors (Lipinski definition) is 2. The minimum atomic E-state index is -0.611. The lowest BCUT2D eigenvalue weighted by molar-refractivity contribution is -0.157. The molecule has 2 atom stereocenters. The molecule has 0 spiro atoms. The molecule has 1 aliphatic carbocycles. The number of amides is 2. The summed E-state index contributed by atoms with van der Waals surface area (Å²) >= 11 is 0.